The van der Waals surface area contributed by atoms with E-state index in [9.17, 15) is 14.4 Å². The topological polar surface area (TPSA) is 95.9 Å². The van der Waals surface area contributed by atoms with Gasteiger partial charge in [0.05, 0.1) is 0 Å². The van der Waals surface area contributed by atoms with Crippen LogP contribution in [0.3, 0.4) is 0 Å². The molecule has 1 saturated heterocycles. The number of rotatable bonds is 3. The molecule has 0 spiro atoms. The van der Waals surface area contributed by atoms with Gasteiger partial charge in [-0.3, -0.25) is 4.79 Å². The highest BCUT2D eigenvalue weighted by molar-refractivity contribution is 5.89. The summed E-state index contributed by atoms with van der Waals surface area (Å²) < 4.78 is 5.14. The molecule has 7 nitrogen and oxygen atoms in total. The first-order valence-electron chi connectivity index (χ1n) is 7.14. The lowest BCUT2D eigenvalue weighted by Gasteiger charge is -2.28. The van der Waals surface area contributed by atoms with Crippen molar-refractivity contribution >= 4 is 18.0 Å². The molecule has 0 saturated carbocycles. The largest absolute Gasteiger partial charge is 0.480 e. The van der Waals surface area contributed by atoms with E-state index in [1.54, 1.807) is 20.8 Å². The van der Waals surface area contributed by atoms with E-state index < -0.39 is 29.7 Å². The lowest BCUT2D eigenvalue weighted by atomic mass is 10.1. The first kappa shape index (κ1) is 17.3. The number of carbonyl (C=O) groups excluding carboxylic acids is 2. The third-order valence-corrected chi connectivity index (χ3v) is 3.24. The average molecular weight is 300 g/mol. The zero-order valence-electron chi connectivity index (χ0n) is 13.0. The summed E-state index contributed by atoms with van der Waals surface area (Å²) >= 11 is 0. The number of amides is 2. The Labute approximate surface area is 124 Å². The maximum Gasteiger partial charge on any atom is 0.408 e. The van der Waals surface area contributed by atoms with Crippen LogP contribution in [0.5, 0.6) is 0 Å². The standard InChI is InChI=1S/C14H24N2O5/c1-9(12(18)19)16-8-6-5-7-10(11(16)17)15-13(20)21-14(2,3)4/h9-10H,5-8H2,1-4H3,(H,15,20)(H,18,19)/t9?,10-/m0/s1. The second-order valence-corrected chi connectivity index (χ2v) is 6.24. The van der Waals surface area contributed by atoms with E-state index >= 15 is 0 Å². The molecule has 120 valence electrons. The minimum Gasteiger partial charge on any atom is -0.480 e. The zero-order valence-corrected chi connectivity index (χ0v) is 13.0. The lowest BCUT2D eigenvalue weighted by molar-refractivity contribution is -0.149. The van der Waals surface area contributed by atoms with Gasteiger partial charge in [0, 0.05) is 6.54 Å². The van der Waals surface area contributed by atoms with E-state index in [-0.39, 0.29) is 5.91 Å². The van der Waals surface area contributed by atoms with Gasteiger partial charge < -0.3 is 20.1 Å². The van der Waals surface area contributed by atoms with Gasteiger partial charge in [0.1, 0.15) is 17.7 Å². The van der Waals surface area contributed by atoms with Crippen LogP contribution in [0.25, 0.3) is 0 Å². The van der Waals surface area contributed by atoms with Crippen molar-refractivity contribution in [2.24, 2.45) is 0 Å². The van der Waals surface area contributed by atoms with Crippen LogP contribution in [0.2, 0.25) is 0 Å². The van der Waals surface area contributed by atoms with Crippen molar-refractivity contribution in [3.63, 3.8) is 0 Å². The monoisotopic (exact) mass is 300 g/mol. The molecular formula is C14H24N2O5. The van der Waals surface area contributed by atoms with Crippen LogP contribution in [0, 0.1) is 0 Å². The van der Waals surface area contributed by atoms with Gasteiger partial charge in [-0.2, -0.15) is 0 Å². The van der Waals surface area contributed by atoms with Crippen molar-refractivity contribution < 1.29 is 24.2 Å². The Morgan fingerprint density at radius 1 is 1.38 bits per heavy atom. The molecule has 1 fully saturated rings. The van der Waals surface area contributed by atoms with Crippen LogP contribution < -0.4 is 5.32 Å². The molecule has 21 heavy (non-hydrogen) atoms. The van der Waals surface area contributed by atoms with Crippen LogP contribution in [-0.2, 0) is 14.3 Å². The van der Waals surface area contributed by atoms with E-state index in [0.29, 0.717) is 13.0 Å². The van der Waals surface area contributed by atoms with E-state index in [1.807, 2.05) is 0 Å². The van der Waals surface area contributed by atoms with Crippen LogP contribution in [0.4, 0.5) is 4.79 Å². The fraction of sp³-hybridized carbons (Fsp3) is 0.786. The molecule has 2 N–H and O–H groups in total. The Bertz CT molecular complexity index is 416. The van der Waals surface area contributed by atoms with E-state index in [0.717, 1.165) is 12.8 Å². The van der Waals surface area contributed by atoms with Gasteiger partial charge >= 0.3 is 12.1 Å². The van der Waals surface area contributed by atoms with Crippen molar-refractivity contribution in [3.8, 4) is 0 Å². The summed E-state index contributed by atoms with van der Waals surface area (Å²) in [5.41, 5.74) is -0.647. The fourth-order valence-corrected chi connectivity index (χ4v) is 2.17. The Balaban J connectivity index is 2.75. The molecule has 1 unspecified atom stereocenters. The number of carboxylic acids is 1. The summed E-state index contributed by atoms with van der Waals surface area (Å²) in [6.07, 6.45) is 1.29. The summed E-state index contributed by atoms with van der Waals surface area (Å²) in [4.78, 5) is 36.5. The van der Waals surface area contributed by atoms with E-state index in [4.69, 9.17) is 9.84 Å². The number of ether oxygens (including phenoxy) is 1. The molecule has 0 aromatic heterocycles. The predicted molar refractivity (Wildman–Crippen MR) is 75.8 cm³/mol. The van der Waals surface area contributed by atoms with Crippen LogP contribution >= 0.6 is 0 Å². The summed E-state index contributed by atoms with van der Waals surface area (Å²) in [5, 5.41) is 11.6. The first-order chi connectivity index (χ1) is 9.61. The Hall–Kier alpha value is -1.79. The average Bonchev–Trinajstić information content (AvgIpc) is 2.49. The van der Waals surface area contributed by atoms with Crippen molar-refractivity contribution in [1.82, 2.24) is 10.2 Å². The molecule has 0 aliphatic carbocycles. The lowest BCUT2D eigenvalue weighted by Crippen LogP contribution is -2.52. The molecular weight excluding hydrogens is 276 g/mol. The molecule has 1 heterocycles. The van der Waals surface area contributed by atoms with Crippen LogP contribution in [0.15, 0.2) is 0 Å². The number of carbonyl (C=O) groups is 3. The van der Waals surface area contributed by atoms with Gasteiger partial charge in [-0.15, -0.1) is 0 Å². The number of aliphatic carboxylic acids is 1. The highest BCUT2D eigenvalue weighted by Gasteiger charge is 2.34. The normalized spacial score (nSPS) is 21.4. The first-order valence-corrected chi connectivity index (χ1v) is 7.14. The van der Waals surface area contributed by atoms with Gasteiger partial charge in [0.2, 0.25) is 5.91 Å². The van der Waals surface area contributed by atoms with Gasteiger partial charge in [0.15, 0.2) is 0 Å². The highest BCUT2D eigenvalue weighted by atomic mass is 16.6. The molecule has 7 heteroatoms. The Kier molecular flexibility index (Phi) is 5.57. The molecule has 0 bridgehead atoms. The smallest absolute Gasteiger partial charge is 0.408 e. The molecule has 1 aliphatic rings. The Morgan fingerprint density at radius 3 is 2.52 bits per heavy atom. The summed E-state index contributed by atoms with van der Waals surface area (Å²) in [5.74, 6) is -1.42. The quantitative estimate of drug-likeness (QED) is 0.820. The third kappa shape index (κ3) is 5.24. The second kappa shape index (κ2) is 6.78. The zero-order chi connectivity index (χ0) is 16.2. The highest BCUT2D eigenvalue weighted by Crippen LogP contribution is 2.16. The van der Waals surface area contributed by atoms with Crippen molar-refractivity contribution in [2.75, 3.05) is 6.54 Å². The summed E-state index contributed by atoms with van der Waals surface area (Å²) in [6, 6.07) is -1.64. The fourth-order valence-electron chi connectivity index (χ4n) is 2.17. The minimum atomic E-state index is -1.05. The molecule has 2 atom stereocenters. The summed E-state index contributed by atoms with van der Waals surface area (Å²) in [6.45, 7) is 7.07. The van der Waals surface area contributed by atoms with E-state index in [2.05, 4.69) is 5.32 Å². The maximum atomic E-state index is 12.4. The van der Waals surface area contributed by atoms with Gasteiger partial charge in [-0.25, -0.2) is 9.59 Å². The molecule has 1 aliphatic heterocycles. The van der Waals surface area contributed by atoms with Crippen LogP contribution in [-0.4, -0.2) is 52.2 Å². The SMILES string of the molecule is CC(C(=O)O)N1CCCC[C@H](NC(=O)OC(C)(C)C)C1=O. The van der Waals surface area contributed by atoms with Gasteiger partial charge in [0.25, 0.3) is 0 Å². The number of hydrogen-bond donors (Lipinski definition) is 2. The van der Waals surface area contributed by atoms with Gasteiger partial charge in [-0.1, -0.05) is 0 Å². The molecule has 2 amide bonds. The van der Waals surface area contributed by atoms with Gasteiger partial charge in [-0.05, 0) is 47.0 Å². The molecule has 0 radical (unpaired) electrons. The van der Waals surface area contributed by atoms with Crippen molar-refractivity contribution in [3.05, 3.63) is 0 Å². The number of nitrogens with zero attached hydrogens (tertiary/aromatic N) is 1. The molecule has 0 aromatic carbocycles. The number of carboxylic acid groups (broad SMARTS) is 1. The Morgan fingerprint density at radius 2 is 2.00 bits per heavy atom. The second-order valence-electron chi connectivity index (χ2n) is 6.24. The van der Waals surface area contributed by atoms with Crippen LogP contribution in [0.1, 0.15) is 47.0 Å². The molecule has 0 aromatic rings. The van der Waals surface area contributed by atoms with Crippen molar-refractivity contribution in [2.45, 2.75) is 64.6 Å². The summed E-state index contributed by atoms with van der Waals surface area (Å²) in [7, 11) is 0. The van der Waals surface area contributed by atoms with Crippen molar-refractivity contribution in [1.29, 1.82) is 0 Å². The number of nitrogens with one attached hydrogen (secondary N) is 1. The number of alkyl carbamates (subject to hydrolysis) is 1. The predicted octanol–water partition coefficient (Wildman–Crippen LogP) is 1.37. The molecule has 1 rings (SSSR count). The van der Waals surface area contributed by atoms with E-state index in [1.165, 1.54) is 11.8 Å². The third-order valence-electron chi connectivity index (χ3n) is 3.24. The number of likely N-dealkylation sites (tertiary alicyclic amines) is 1. The maximum absolute atomic E-state index is 12.4. The number of hydrogen-bond acceptors (Lipinski definition) is 4. The minimum absolute atomic E-state index is 0.367.